The Bertz CT molecular complexity index is 622. The number of hydrogen-bond acceptors (Lipinski definition) is 5. The second kappa shape index (κ2) is 6.94. The van der Waals surface area contributed by atoms with Crippen molar-refractivity contribution in [2.24, 2.45) is 0 Å². The Morgan fingerprint density at radius 3 is 2.59 bits per heavy atom. The Balaban J connectivity index is 1.63. The molecule has 6 heteroatoms. The molecule has 2 aromatic rings. The van der Waals surface area contributed by atoms with Gasteiger partial charge in [0.1, 0.15) is 5.82 Å². The van der Waals surface area contributed by atoms with Gasteiger partial charge in [-0.2, -0.15) is 4.37 Å². The number of hydrogen-bond donors (Lipinski definition) is 0. The van der Waals surface area contributed by atoms with Crippen molar-refractivity contribution in [3.05, 3.63) is 40.7 Å². The van der Waals surface area contributed by atoms with Crippen LogP contribution in [0, 0.1) is 0 Å². The molecule has 1 fully saturated rings. The van der Waals surface area contributed by atoms with Gasteiger partial charge in [-0.25, -0.2) is 4.98 Å². The summed E-state index contributed by atoms with van der Waals surface area (Å²) in [6.45, 7) is 8.35. The summed E-state index contributed by atoms with van der Waals surface area (Å²) in [6, 6.07) is 8.48. The maximum Gasteiger partial charge on any atom is 0.205 e. The third kappa shape index (κ3) is 3.26. The van der Waals surface area contributed by atoms with Crippen molar-refractivity contribution < 1.29 is 0 Å². The summed E-state index contributed by atoms with van der Waals surface area (Å²) in [6.07, 6.45) is 0.903. The standard InChI is InChI=1S/C16H21ClN4S/c1-3-15-18-16(22-19-15)21-10-8-20(9-11-21)12(2)13-6-4-5-7-14(13)17/h4-7,12H,3,8-11H2,1-2H3. The van der Waals surface area contributed by atoms with Crippen LogP contribution in [0.2, 0.25) is 5.02 Å². The number of aryl methyl sites for hydroxylation is 1. The number of aromatic nitrogens is 2. The van der Waals surface area contributed by atoms with Gasteiger partial charge in [-0.05, 0) is 18.6 Å². The van der Waals surface area contributed by atoms with Gasteiger partial charge in [0.15, 0.2) is 0 Å². The fraction of sp³-hybridized carbons (Fsp3) is 0.500. The smallest absolute Gasteiger partial charge is 0.205 e. The lowest BCUT2D eigenvalue weighted by Crippen LogP contribution is -2.47. The van der Waals surface area contributed by atoms with E-state index in [2.05, 4.69) is 45.1 Å². The van der Waals surface area contributed by atoms with Crippen molar-refractivity contribution >= 4 is 28.3 Å². The highest BCUT2D eigenvalue weighted by molar-refractivity contribution is 7.09. The predicted octanol–water partition coefficient (Wildman–Crippen LogP) is 3.64. The molecular weight excluding hydrogens is 316 g/mol. The maximum absolute atomic E-state index is 6.33. The number of halogens is 1. The second-order valence-electron chi connectivity index (χ2n) is 5.57. The molecule has 4 nitrogen and oxygen atoms in total. The average Bonchev–Trinajstić information content (AvgIpc) is 3.04. The zero-order chi connectivity index (χ0) is 15.5. The van der Waals surface area contributed by atoms with Crippen molar-refractivity contribution in [1.82, 2.24) is 14.3 Å². The molecule has 2 heterocycles. The van der Waals surface area contributed by atoms with Crippen LogP contribution >= 0.6 is 23.1 Å². The Morgan fingerprint density at radius 1 is 1.23 bits per heavy atom. The average molecular weight is 337 g/mol. The summed E-state index contributed by atoms with van der Waals surface area (Å²) in [7, 11) is 0. The lowest BCUT2D eigenvalue weighted by Gasteiger charge is -2.38. The molecule has 1 aromatic carbocycles. The topological polar surface area (TPSA) is 32.3 Å². The van der Waals surface area contributed by atoms with Crippen molar-refractivity contribution in [2.45, 2.75) is 26.3 Å². The molecule has 1 aliphatic heterocycles. The lowest BCUT2D eigenvalue weighted by molar-refractivity contribution is 0.198. The predicted molar refractivity (Wildman–Crippen MR) is 92.9 cm³/mol. The Kier molecular flexibility index (Phi) is 4.96. The van der Waals surface area contributed by atoms with Crippen LogP contribution in [0.25, 0.3) is 0 Å². The molecule has 1 saturated heterocycles. The van der Waals surface area contributed by atoms with Gasteiger partial charge in [-0.1, -0.05) is 36.7 Å². The van der Waals surface area contributed by atoms with Crippen LogP contribution in [0.1, 0.15) is 31.3 Å². The summed E-state index contributed by atoms with van der Waals surface area (Å²) in [4.78, 5) is 9.41. The minimum atomic E-state index is 0.344. The first kappa shape index (κ1) is 15.7. The van der Waals surface area contributed by atoms with Gasteiger partial charge >= 0.3 is 0 Å². The fourth-order valence-electron chi connectivity index (χ4n) is 2.83. The van der Waals surface area contributed by atoms with Crippen LogP contribution in [0.3, 0.4) is 0 Å². The third-order valence-electron chi connectivity index (χ3n) is 4.26. The van der Waals surface area contributed by atoms with Gasteiger partial charge in [0.05, 0.1) is 0 Å². The van der Waals surface area contributed by atoms with E-state index in [0.29, 0.717) is 6.04 Å². The summed E-state index contributed by atoms with van der Waals surface area (Å²) < 4.78 is 4.38. The molecule has 0 radical (unpaired) electrons. The number of rotatable bonds is 4. The van der Waals surface area contributed by atoms with E-state index in [-0.39, 0.29) is 0 Å². The summed E-state index contributed by atoms with van der Waals surface area (Å²) in [5.41, 5.74) is 1.21. The van der Waals surface area contributed by atoms with Gasteiger partial charge in [-0.15, -0.1) is 0 Å². The third-order valence-corrected chi connectivity index (χ3v) is 5.42. The first-order valence-electron chi connectivity index (χ1n) is 7.75. The van der Waals surface area contributed by atoms with Crippen LogP contribution in [0.15, 0.2) is 24.3 Å². The van der Waals surface area contributed by atoms with Gasteiger partial charge < -0.3 is 4.90 Å². The molecule has 1 atom stereocenters. The molecule has 0 spiro atoms. The summed E-state index contributed by atoms with van der Waals surface area (Å²) in [5.74, 6) is 0.951. The number of benzene rings is 1. The van der Waals surface area contributed by atoms with E-state index in [0.717, 1.165) is 48.6 Å². The fourth-order valence-corrected chi connectivity index (χ4v) is 3.92. The molecular formula is C16H21ClN4S. The number of nitrogens with zero attached hydrogens (tertiary/aromatic N) is 4. The minimum Gasteiger partial charge on any atom is -0.344 e. The highest BCUT2D eigenvalue weighted by Gasteiger charge is 2.24. The molecule has 1 aliphatic rings. The van der Waals surface area contributed by atoms with E-state index in [1.807, 2.05) is 12.1 Å². The highest BCUT2D eigenvalue weighted by atomic mass is 35.5. The Labute approximate surface area is 140 Å². The molecule has 0 N–H and O–H groups in total. The summed E-state index contributed by atoms with van der Waals surface area (Å²) in [5, 5.41) is 1.91. The van der Waals surface area contributed by atoms with Gasteiger partial charge in [0.25, 0.3) is 0 Å². The first-order chi connectivity index (χ1) is 10.7. The Morgan fingerprint density at radius 2 is 1.95 bits per heavy atom. The zero-order valence-electron chi connectivity index (χ0n) is 13.0. The van der Waals surface area contributed by atoms with E-state index < -0.39 is 0 Å². The van der Waals surface area contributed by atoms with Crippen molar-refractivity contribution in [3.63, 3.8) is 0 Å². The lowest BCUT2D eigenvalue weighted by atomic mass is 10.1. The molecule has 0 bridgehead atoms. The monoisotopic (exact) mass is 336 g/mol. The molecule has 1 aromatic heterocycles. The highest BCUT2D eigenvalue weighted by Crippen LogP contribution is 2.28. The molecule has 1 unspecified atom stereocenters. The van der Waals surface area contributed by atoms with E-state index in [1.54, 1.807) is 0 Å². The van der Waals surface area contributed by atoms with Gasteiger partial charge in [0, 0.05) is 55.2 Å². The largest absolute Gasteiger partial charge is 0.344 e. The Hall–Kier alpha value is -1.17. The molecule has 0 aliphatic carbocycles. The van der Waals surface area contributed by atoms with Crippen LogP contribution in [-0.4, -0.2) is 40.4 Å². The molecule has 0 amide bonds. The molecule has 22 heavy (non-hydrogen) atoms. The van der Waals surface area contributed by atoms with Gasteiger partial charge in [-0.3, -0.25) is 4.90 Å². The van der Waals surface area contributed by atoms with Crippen molar-refractivity contribution in [2.75, 3.05) is 31.1 Å². The van der Waals surface area contributed by atoms with E-state index in [1.165, 1.54) is 17.1 Å². The van der Waals surface area contributed by atoms with Crippen LogP contribution in [0.4, 0.5) is 5.13 Å². The van der Waals surface area contributed by atoms with E-state index in [4.69, 9.17) is 11.6 Å². The molecule has 0 saturated carbocycles. The van der Waals surface area contributed by atoms with Crippen molar-refractivity contribution in [1.29, 1.82) is 0 Å². The SMILES string of the molecule is CCc1nsc(N2CCN(C(C)c3ccccc3Cl)CC2)n1. The van der Waals surface area contributed by atoms with Gasteiger partial charge in [0.2, 0.25) is 5.13 Å². The first-order valence-corrected chi connectivity index (χ1v) is 8.90. The number of anilines is 1. The van der Waals surface area contributed by atoms with Crippen LogP contribution in [0.5, 0.6) is 0 Å². The normalized spacial score (nSPS) is 17.7. The zero-order valence-corrected chi connectivity index (χ0v) is 14.6. The van der Waals surface area contributed by atoms with E-state index >= 15 is 0 Å². The van der Waals surface area contributed by atoms with E-state index in [9.17, 15) is 0 Å². The number of piperazine rings is 1. The van der Waals surface area contributed by atoms with Crippen molar-refractivity contribution in [3.8, 4) is 0 Å². The molecule has 3 rings (SSSR count). The van der Waals surface area contributed by atoms with Crippen LogP contribution in [-0.2, 0) is 6.42 Å². The summed E-state index contributed by atoms with van der Waals surface area (Å²) >= 11 is 7.84. The van der Waals surface area contributed by atoms with Crippen LogP contribution < -0.4 is 4.90 Å². The quantitative estimate of drug-likeness (QED) is 0.853. The second-order valence-corrected chi connectivity index (χ2v) is 6.70. The molecule has 118 valence electrons. The minimum absolute atomic E-state index is 0.344. The maximum atomic E-state index is 6.33.